The van der Waals surface area contributed by atoms with Crippen molar-refractivity contribution >= 4 is 5.91 Å². The average molecular weight is 250 g/mol. The van der Waals surface area contributed by atoms with Crippen molar-refractivity contribution in [2.24, 2.45) is 0 Å². The predicted molar refractivity (Wildman–Crippen MR) is 66.4 cm³/mol. The van der Waals surface area contributed by atoms with Crippen molar-refractivity contribution in [2.45, 2.75) is 25.9 Å². The van der Waals surface area contributed by atoms with Gasteiger partial charge in [-0.25, -0.2) is 0 Å². The normalized spacial score (nSPS) is 23.1. The first kappa shape index (κ1) is 13.0. The summed E-state index contributed by atoms with van der Waals surface area (Å²) < 4.78 is 5.12. The zero-order valence-corrected chi connectivity index (χ0v) is 10.7. The van der Waals surface area contributed by atoms with Crippen molar-refractivity contribution in [3.8, 4) is 0 Å². The fraction of sp³-hybridized carbons (Fsp3) is 0.538. The van der Waals surface area contributed by atoms with Gasteiger partial charge in [0.1, 0.15) is 5.60 Å². The van der Waals surface area contributed by atoms with Gasteiger partial charge >= 0.3 is 0 Å². The van der Waals surface area contributed by atoms with Crippen LogP contribution >= 0.6 is 0 Å². The molecule has 0 aliphatic carbocycles. The molecule has 0 saturated carbocycles. The van der Waals surface area contributed by atoms with Gasteiger partial charge in [0.2, 0.25) is 0 Å². The Labute approximate surface area is 106 Å². The SMILES string of the molecule is Cc1ccc(C(=O)NCC2(O)CCOC2)c(C)n1. The standard InChI is InChI=1S/C13H18N2O3/c1-9-3-4-11(10(2)15-9)12(16)14-7-13(17)5-6-18-8-13/h3-4,17H,5-8H2,1-2H3,(H,14,16). The van der Waals surface area contributed by atoms with E-state index in [9.17, 15) is 9.90 Å². The Morgan fingerprint density at radius 2 is 2.33 bits per heavy atom. The molecule has 1 fully saturated rings. The van der Waals surface area contributed by atoms with Crippen LogP contribution in [0.3, 0.4) is 0 Å². The lowest BCUT2D eigenvalue weighted by molar-refractivity contribution is 0.0264. The van der Waals surface area contributed by atoms with Crippen molar-refractivity contribution < 1.29 is 14.6 Å². The monoisotopic (exact) mass is 250 g/mol. The van der Waals surface area contributed by atoms with Crippen molar-refractivity contribution in [3.63, 3.8) is 0 Å². The number of carbonyl (C=O) groups excluding carboxylic acids is 1. The molecule has 2 heterocycles. The first-order valence-electron chi connectivity index (χ1n) is 6.03. The highest BCUT2D eigenvalue weighted by molar-refractivity contribution is 5.95. The van der Waals surface area contributed by atoms with Gasteiger partial charge in [-0.3, -0.25) is 9.78 Å². The van der Waals surface area contributed by atoms with Crippen LogP contribution in [0.25, 0.3) is 0 Å². The Bertz CT molecular complexity index is 454. The molecule has 1 unspecified atom stereocenters. The first-order valence-corrected chi connectivity index (χ1v) is 6.03. The Hall–Kier alpha value is -1.46. The second kappa shape index (κ2) is 5.04. The molecule has 1 aliphatic heterocycles. The van der Waals surface area contributed by atoms with Gasteiger partial charge in [0.25, 0.3) is 5.91 Å². The van der Waals surface area contributed by atoms with Crippen LogP contribution in [0.2, 0.25) is 0 Å². The number of ether oxygens (including phenoxy) is 1. The maximum Gasteiger partial charge on any atom is 0.253 e. The lowest BCUT2D eigenvalue weighted by atomic mass is 10.0. The Morgan fingerprint density at radius 3 is 2.94 bits per heavy atom. The average Bonchev–Trinajstić information content (AvgIpc) is 2.74. The molecule has 2 N–H and O–H groups in total. The van der Waals surface area contributed by atoms with Gasteiger partial charge in [-0.1, -0.05) is 0 Å². The van der Waals surface area contributed by atoms with Gasteiger partial charge in [-0.2, -0.15) is 0 Å². The van der Waals surface area contributed by atoms with Crippen LogP contribution in [0, 0.1) is 13.8 Å². The second-order valence-corrected chi connectivity index (χ2v) is 4.80. The molecule has 5 heteroatoms. The molecule has 1 saturated heterocycles. The van der Waals surface area contributed by atoms with Crippen LogP contribution in [-0.2, 0) is 4.74 Å². The number of amides is 1. The molecule has 18 heavy (non-hydrogen) atoms. The molecule has 0 bridgehead atoms. The zero-order valence-electron chi connectivity index (χ0n) is 10.7. The Morgan fingerprint density at radius 1 is 1.56 bits per heavy atom. The number of aliphatic hydroxyl groups is 1. The van der Waals surface area contributed by atoms with E-state index in [2.05, 4.69) is 10.3 Å². The molecule has 1 amide bonds. The summed E-state index contributed by atoms with van der Waals surface area (Å²) >= 11 is 0. The smallest absolute Gasteiger partial charge is 0.253 e. The van der Waals surface area contributed by atoms with Crippen LogP contribution in [0.5, 0.6) is 0 Å². The highest BCUT2D eigenvalue weighted by Gasteiger charge is 2.32. The van der Waals surface area contributed by atoms with E-state index in [1.807, 2.05) is 6.92 Å². The molecule has 0 spiro atoms. The third-order valence-corrected chi connectivity index (χ3v) is 3.13. The van der Waals surface area contributed by atoms with E-state index < -0.39 is 5.60 Å². The number of nitrogens with one attached hydrogen (secondary N) is 1. The van der Waals surface area contributed by atoms with E-state index in [1.165, 1.54) is 0 Å². The minimum atomic E-state index is -0.929. The van der Waals surface area contributed by atoms with Crippen LogP contribution in [-0.4, -0.2) is 41.4 Å². The number of carbonyl (C=O) groups is 1. The minimum Gasteiger partial charge on any atom is -0.386 e. The van der Waals surface area contributed by atoms with Crippen molar-refractivity contribution in [1.82, 2.24) is 10.3 Å². The Balaban J connectivity index is 1.99. The lowest BCUT2D eigenvalue weighted by Gasteiger charge is -2.20. The summed E-state index contributed by atoms with van der Waals surface area (Å²) in [5.41, 5.74) is 1.19. The number of hydrogen-bond acceptors (Lipinski definition) is 4. The van der Waals surface area contributed by atoms with Crippen molar-refractivity contribution in [2.75, 3.05) is 19.8 Å². The van der Waals surface area contributed by atoms with Crippen molar-refractivity contribution in [3.05, 3.63) is 29.1 Å². The molecule has 1 atom stereocenters. The third-order valence-electron chi connectivity index (χ3n) is 3.13. The van der Waals surface area contributed by atoms with E-state index in [0.29, 0.717) is 24.3 Å². The summed E-state index contributed by atoms with van der Waals surface area (Å²) in [4.78, 5) is 16.2. The molecule has 2 rings (SSSR count). The summed E-state index contributed by atoms with van der Waals surface area (Å²) in [6.45, 7) is 4.71. The van der Waals surface area contributed by atoms with E-state index >= 15 is 0 Å². The Kier molecular flexibility index (Phi) is 3.63. The summed E-state index contributed by atoms with van der Waals surface area (Å²) in [5, 5.41) is 12.8. The maximum absolute atomic E-state index is 12.0. The summed E-state index contributed by atoms with van der Waals surface area (Å²) in [6.07, 6.45) is 0.554. The number of aromatic nitrogens is 1. The van der Waals surface area contributed by atoms with Gasteiger partial charge < -0.3 is 15.2 Å². The third kappa shape index (κ3) is 2.86. The number of hydrogen-bond donors (Lipinski definition) is 2. The maximum atomic E-state index is 12.0. The van der Waals surface area contributed by atoms with Gasteiger partial charge in [0.05, 0.1) is 17.9 Å². The summed E-state index contributed by atoms with van der Waals surface area (Å²) in [6, 6.07) is 3.55. The van der Waals surface area contributed by atoms with Crippen LogP contribution in [0.1, 0.15) is 28.2 Å². The largest absolute Gasteiger partial charge is 0.386 e. The van der Waals surface area contributed by atoms with E-state index in [-0.39, 0.29) is 19.1 Å². The molecule has 0 aromatic carbocycles. The highest BCUT2D eigenvalue weighted by atomic mass is 16.5. The minimum absolute atomic E-state index is 0.207. The molecule has 1 aliphatic rings. The quantitative estimate of drug-likeness (QED) is 0.823. The number of rotatable bonds is 3. The number of aryl methyl sites for hydroxylation is 2. The molecule has 1 aromatic rings. The lowest BCUT2D eigenvalue weighted by Crippen LogP contribution is -2.43. The second-order valence-electron chi connectivity index (χ2n) is 4.80. The van der Waals surface area contributed by atoms with E-state index in [4.69, 9.17) is 4.74 Å². The van der Waals surface area contributed by atoms with Gasteiger partial charge in [0, 0.05) is 25.3 Å². The molecule has 0 radical (unpaired) electrons. The first-order chi connectivity index (χ1) is 8.50. The van der Waals surface area contributed by atoms with Crippen LogP contribution < -0.4 is 5.32 Å². The highest BCUT2D eigenvalue weighted by Crippen LogP contribution is 2.17. The van der Waals surface area contributed by atoms with Gasteiger partial charge in [-0.05, 0) is 26.0 Å². The fourth-order valence-corrected chi connectivity index (χ4v) is 2.00. The summed E-state index contributed by atoms with van der Waals surface area (Å²) in [7, 11) is 0. The number of pyridine rings is 1. The van der Waals surface area contributed by atoms with Crippen LogP contribution in [0.4, 0.5) is 0 Å². The molecule has 1 aromatic heterocycles. The van der Waals surface area contributed by atoms with Gasteiger partial charge in [-0.15, -0.1) is 0 Å². The molecular weight excluding hydrogens is 232 g/mol. The topological polar surface area (TPSA) is 71.5 Å². The summed E-state index contributed by atoms with van der Waals surface area (Å²) in [5.74, 6) is -0.208. The zero-order chi connectivity index (χ0) is 13.2. The molecule has 98 valence electrons. The fourth-order valence-electron chi connectivity index (χ4n) is 2.00. The number of nitrogens with zero attached hydrogens (tertiary/aromatic N) is 1. The van der Waals surface area contributed by atoms with Gasteiger partial charge in [0.15, 0.2) is 0 Å². The van der Waals surface area contributed by atoms with Crippen LogP contribution in [0.15, 0.2) is 12.1 Å². The predicted octanol–water partition coefficient (Wildman–Crippen LogP) is 0.580. The van der Waals surface area contributed by atoms with E-state index in [1.54, 1.807) is 19.1 Å². The van der Waals surface area contributed by atoms with Crippen molar-refractivity contribution in [1.29, 1.82) is 0 Å². The molecule has 5 nitrogen and oxygen atoms in total. The molecular formula is C13H18N2O3. The van der Waals surface area contributed by atoms with E-state index in [0.717, 1.165) is 5.69 Å².